The molecule has 0 aromatic heterocycles. The molecule has 8 nitrogen and oxygen atoms in total. The molecule has 1 rings (SSSR count). The summed E-state index contributed by atoms with van der Waals surface area (Å²) >= 11 is 0. The van der Waals surface area contributed by atoms with Crippen molar-refractivity contribution in [1.29, 1.82) is 0 Å². The number of nitrogens with zero attached hydrogens (tertiary/aromatic N) is 1. The van der Waals surface area contributed by atoms with Crippen molar-refractivity contribution in [2.45, 2.75) is 51.3 Å². The van der Waals surface area contributed by atoms with Crippen molar-refractivity contribution in [2.75, 3.05) is 13.1 Å². The Morgan fingerprint density at radius 2 is 2.05 bits per heavy atom. The highest BCUT2D eigenvalue weighted by Gasteiger charge is 2.36. The van der Waals surface area contributed by atoms with Gasteiger partial charge >= 0.3 is 12.1 Å². The molecular weight excluding hydrogens is 278 g/mol. The number of nitrogens with two attached hydrogens (primary N) is 1. The summed E-state index contributed by atoms with van der Waals surface area (Å²) in [7, 11) is 0. The minimum atomic E-state index is -1.03. The van der Waals surface area contributed by atoms with Gasteiger partial charge in [0.1, 0.15) is 17.7 Å². The summed E-state index contributed by atoms with van der Waals surface area (Å²) in [5, 5.41) is 11.4. The Morgan fingerprint density at radius 3 is 2.57 bits per heavy atom. The van der Waals surface area contributed by atoms with E-state index in [2.05, 4.69) is 5.32 Å². The van der Waals surface area contributed by atoms with Gasteiger partial charge < -0.3 is 25.8 Å². The monoisotopic (exact) mass is 301 g/mol. The van der Waals surface area contributed by atoms with Crippen LogP contribution in [0.15, 0.2) is 0 Å². The predicted molar refractivity (Wildman–Crippen MR) is 74.6 cm³/mol. The number of carboxylic acids is 1. The smallest absolute Gasteiger partial charge is 0.407 e. The number of carboxylic acid groups (broad SMARTS) is 1. The van der Waals surface area contributed by atoms with Crippen LogP contribution >= 0.6 is 0 Å². The van der Waals surface area contributed by atoms with Crippen LogP contribution in [0.3, 0.4) is 0 Å². The van der Waals surface area contributed by atoms with E-state index in [1.54, 1.807) is 20.8 Å². The van der Waals surface area contributed by atoms with Crippen LogP contribution in [0.5, 0.6) is 0 Å². The highest BCUT2D eigenvalue weighted by atomic mass is 16.6. The number of nitrogens with one attached hydrogen (secondary N) is 1. The zero-order valence-corrected chi connectivity index (χ0v) is 12.6. The molecule has 120 valence electrons. The van der Waals surface area contributed by atoms with Gasteiger partial charge in [-0.15, -0.1) is 0 Å². The summed E-state index contributed by atoms with van der Waals surface area (Å²) < 4.78 is 5.03. The average molecular weight is 301 g/mol. The van der Waals surface area contributed by atoms with Crippen LogP contribution in [0.4, 0.5) is 4.79 Å². The van der Waals surface area contributed by atoms with Crippen molar-refractivity contribution in [3.05, 3.63) is 0 Å². The SMILES string of the molecule is CC(C)(C)OC(=O)NC[C@H](N)C(=O)N1CCC[C@H]1C(=O)O. The topological polar surface area (TPSA) is 122 Å². The van der Waals surface area contributed by atoms with E-state index in [4.69, 9.17) is 15.6 Å². The molecule has 2 atom stereocenters. The van der Waals surface area contributed by atoms with Gasteiger partial charge in [0, 0.05) is 13.1 Å². The number of hydrogen-bond acceptors (Lipinski definition) is 5. The number of carbonyl (C=O) groups is 3. The van der Waals surface area contributed by atoms with Gasteiger partial charge in [0.25, 0.3) is 0 Å². The summed E-state index contributed by atoms with van der Waals surface area (Å²) in [6, 6.07) is -1.82. The van der Waals surface area contributed by atoms with Crippen LogP contribution in [-0.2, 0) is 14.3 Å². The van der Waals surface area contributed by atoms with E-state index in [0.717, 1.165) is 0 Å². The molecule has 0 aromatic rings. The van der Waals surface area contributed by atoms with Gasteiger partial charge in [-0.25, -0.2) is 9.59 Å². The Balaban J connectivity index is 2.48. The summed E-state index contributed by atoms with van der Waals surface area (Å²) in [5.74, 6) is -1.51. The summed E-state index contributed by atoms with van der Waals surface area (Å²) in [6.07, 6.45) is 0.393. The molecule has 2 amide bonds. The molecule has 0 aliphatic carbocycles. The third-order valence-electron chi connectivity index (χ3n) is 3.00. The minimum Gasteiger partial charge on any atom is -0.480 e. The number of carbonyl (C=O) groups excluding carboxylic acids is 2. The van der Waals surface area contributed by atoms with Crippen molar-refractivity contribution >= 4 is 18.0 Å². The summed E-state index contributed by atoms with van der Waals surface area (Å²) in [5.41, 5.74) is 5.08. The first-order valence-electron chi connectivity index (χ1n) is 6.87. The van der Waals surface area contributed by atoms with Gasteiger partial charge in [-0.3, -0.25) is 4.79 Å². The van der Waals surface area contributed by atoms with Crippen molar-refractivity contribution in [1.82, 2.24) is 10.2 Å². The Labute approximate surface area is 123 Å². The molecular formula is C13H23N3O5. The molecule has 21 heavy (non-hydrogen) atoms. The standard InChI is InChI=1S/C13H23N3O5/c1-13(2,3)21-12(20)15-7-8(14)10(17)16-6-4-5-9(16)11(18)19/h8-9H,4-7,14H2,1-3H3,(H,15,20)(H,18,19)/t8-,9-/m0/s1. The number of rotatable bonds is 4. The molecule has 1 aliphatic rings. The van der Waals surface area contributed by atoms with Gasteiger partial charge in [-0.05, 0) is 33.6 Å². The normalized spacial score (nSPS) is 20.0. The van der Waals surface area contributed by atoms with Crippen LogP contribution < -0.4 is 11.1 Å². The van der Waals surface area contributed by atoms with E-state index in [-0.39, 0.29) is 6.54 Å². The van der Waals surface area contributed by atoms with Crippen molar-refractivity contribution in [3.8, 4) is 0 Å². The van der Waals surface area contributed by atoms with Gasteiger partial charge in [0.15, 0.2) is 0 Å². The maximum atomic E-state index is 12.1. The molecule has 0 bridgehead atoms. The van der Waals surface area contributed by atoms with E-state index in [0.29, 0.717) is 19.4 Å². The van der Waals surface area contributed by atoms with Crippen LogP contribution in [0, 0.1) is 0 Å². The fourth-order valence-electron chi connectivity index (χ4n) is 2.09. The highest BCUT2D eigenvalue weighted by Crippen LogP contribution is 2.18. The van der Waals surface area contributed by atoms with Crippen LogP contribution in [0.25, 0.3) is 0 Å². The Bertz CT molecular complexity index is 419. The number of alkyl carbamates (subject to hydrolysis) is 1. The lowest BCUT2D eigenvalue weighted by molar-refractivity contribution is -0.148. The summed E-state index contributed by atoms with van der Waals surface area (Å²) in [6.45, 7) is 5.44. The Kier molecular flexibility index (Phi) is 5.54. The molecule has 4 N–H and O–H groups in total. The Morgan fingerprint density at radius 1 is 1.43 bits per heavy atom. The lowest BCUT2D eigenvalue weighted by Gasteiger charge is -2.25. The molecule has 0 saturated carbocycles. The highest BCUT2D eigenvalue weighted by molar-refractivity contribution is 5.88. The maximum absolute atomic E-state index is 12.1. The predicted octanol–water partition coefficient (Wildman–Crippen LogP) is -0.0860. The molecule has 0 radical (unpaired) electrons. The first kappa shape index (κ1) is 17.2. The second kappa shape index (κ2) is 6.75. The second-order valence-electron chi connectivity index (χ2n) is 6.02. The zero-order chi connectivity index (χ0) is 16.2. The largest absolute Gasteiger partial charge is 0.480 e. The molecule has 1 fully saturated rings. The van der Waals surface area contributed by atoms with E-state index in [1.165, 1.54) is 4.90 Å². The molecule has 8 heteroatoms. The van der Waals surface area contributed by atoms with E-state index in [1.807, 2.05) is 0 Å². The molecule has 0 spiro atoms. The van der Waals surface area contributed by atoms with E-state index < -0.39 is 35.7 Å². The molecule has 1 heterocycles. The fourth-order valence-corrected chi connectivity index (χ4v) is 2.09. The molecule has 1 saturated heterocycles. The van der Waals surface area contributed by atoms with Gasteiger partial charge in [0.2, 0.25) is 5.91 Å². The number of ether oxygens (including phenoxy) is 1. The number of hydrogen-bond donors (Lipinski definition) is 3. The first-order valence-corrected chi connectivity index (χ1v) is 6.87. The van der Waals surface area contributed by atoms with E-state index in [9.17, 15) is 14.4 Å². The van der Waals surface area contributed by atoms with Gasteiger partial charge in [-0.2, -0.15) is 0 Å². The number of aliphatic carboxylic acids is 1. The van der Waals surface area contributed by atoms with Crippen LogP contribution in [0.1, 0.15) is 33.6 Å². The minimum absolute atomic E-state index is 0.101. The number of amides is 2. The Hall–Kier alpha value is -1.83. The molecule has 1 aliphatic heterocycles. The number of likely N-dealkylation sites (tertiary alicyclic amines) is 1. The third kappa shape index (κ3) is 5.22. The zero-order valence-electron chi connectivity index (χ0n) is 12.6. The molecule has 0 unspecified atom stereocenters. The van der Waals surface area contributed by atoms with Gasteiger partial charge in [0.05, 0.1) is 0 Å². The van der Waals surface area contributed by atoms with Gasteiger partial charge in [-0.1, -0.05) is 0 Å². The first-order chi connectivity index (χ1) is 9.61. The lowest BCUT2D eigenvalue weighted by atomic mass is 10.2. The molecule has 0 aromatic carbocycles. The van der Waals surface area contributed by atoms with Crippen molar-refractivity contribution in [3.63, 3.8) is 0 Å². The van der Waals surface area contributed by atoms with Crippen molar-refractivity contribution in [2.24, 2.45) is 5.73 Å². The van der Waals surface area contributed by atoms with Crippen LogP contribution in [-0.4, -0.2) is 58.8 Å². The van der Waals surface area contributed by atoms with E-state index >= 15 is 0 Å². The fraction of sp³-hybridized carbons (Fsp3) is 0.769. The second-order valence-corrected chi connectivity index (χ2v) is 6.02. The maximum Gasteiger partial charge on any atom is 0.407 e. The van der Waals surface area contributed by atoms with Crippen molar-refractivity contribution < 1.29 is 24.2 Å². The van der Waals surface area contributed by atoms with Crippen LogP contribution in [0.2, 0.25) is 0 Å². The summed E-state index contributed by atoms with van der Waals surface area (Å²) in [4.78, 5) is 35.9. The average Bonchev–Trinajstić information content (AvgIpc) is 2.82. The third-order valence-corrected chi connectivity index (χ3v) is 3.00. The quantitative estimate of drug-likeness (QED) is 0.667. The lowest BCUT2D eigenvalue weighted by Crippen LogP contribution is -2.52.